The summed E-state index contributed by atoms with van der Waals surface area (Å²) in [7, 11) is 0. The molecule has 2 aliphatic heterocycles. The van der Waals surface area contributed by atoms with Gasteiger partial charge in [0, 0.05) is 56.4 Å². The number of piperazine rings is 1. The minimum absolute atomic E-state index is 0.0253. The average molecular weight is 490 g/mol. The quantitative estimate of drug-likeness (QED) is 0.513. The summed E-state index contributed by atoms with van der Waals surface area (Å²) in [5.41, 5.74) is 3.18. The van der Waals surface area contributed by atoms with E-state index < -0.39 is 0 Å². The lowest BCUT2D eigenvalue weighted by atomic mass is 9.96. The van der Waals surface area contributed by atoms with Crippen molar-refractivity contribution in [1.82, 2.24) is 20.0 Å². The van der Waals surface area contributed by atoms with Crippen LogP contribution < -0.4 is 4.90 Å². The summed E-state index contributed by atoms with van der Waals surface area (Å²) in [5, 5.41) is 9.60. The van der Waals surface area contributed by atoms with Gasteiger partial charge in [-0.3, -0.25) is 9.69 Å². The molecule has 0 bridgehead atoms. The zero-order valence-corrected chi connectivity index (χ0v) is 20.8. The monoisotopic (exact) mass is 489 g/mol. The third kappa shape index (κ3) is 6.00. The first kappa shape index (κ1) is 23.8. The van der Waals surface area contributed by atoms with Crippen molar-refractivity contribution < 1.29 is 4.79 Å². The van der Waals surface area contributed by atoms with E-state index in [1.54, 1.807) is 0 Å². The first-order chi connectivity index (χ1) is 17.2. The van der Waals surface area contributed by atoms with Crippen LogP contribution in [0, 0.1) is 5.92 Å². The molecule has 2 aliphatic rings. The molecule has 0 N–H and O–H groups in total. The van der Waals surface area contributed by atoms with Gasteiger partial charge in [0.05, 0.1) is 11.6 Å². The predicted molar refractivity (Wildman–Crippen MR) is 141 cm³/mol. The lowest BCUT2D eigenvalue weighted by Gasteiger charge is -2.39. The number of halogens is 1. The molecule has 2 fully saturated rings. The topological polar surface area (TPSA) is 52.6 Å². The molecule has 1 aromatic heterocycles. The van der Waals surface area contributed by atoms with Crippen LogP contribution in [0.5, 0.6) is 0 Å². The Kier molecular flexibility index (Phi) is 7.60. The molecule has 0 spiro atoms. The van der Waals surface area contributed by atoms with Crippen molar-refractivity contribution >= 4 is 23.3 Å². The maximum absolute atomic E-state index is 13.3. The van der Waals surface area contributed by atoms with Crippen molar-refractivity contribution in [2.45, 2.75) is 19.3 Å². The van der Waals surface area contributed by atoms with Crippen LogP contribution in [0.4, 0.5) is 5.82 Å². The van der Waals surface area contributed by atoms with Gasteiger partial charge in [-0.15, -0.1) is 10.2 Å². The summed E-state index contributed by atoms with van der Waals surface area (Å²) in [4.78, 5) is 20.1. The molecule has 0 aliphatic carbocycles. The number of carbonyl (C=O) groups is 1. The lowest BCUT2D eigenvalue weighted by Crippen LogP contribution is -2.52. The van der Waals surface area contributed by atoms with Crippen LogP contribution in [0.25, 0.3) is 11.3 Å². The zero-order valence-electron chi connectivity index (χ0n) is 20.0. The molecular weight excluding hydrogens is 458 g/mol. The molecule has 3 aromatic rings. The number of amides is 1. The van der Waals surface area contributed by atoms with E-state index in [-0.39, 0.29) is 5.92 Å². The molecular formula is C28H32ClN5O. The fourth-order valence-corrected chi connectivity index (χ4v) is 5.16. The highest BCUT2D eigenvalue weighted by Crippen LogP contribution is 2.25. The van der Waals surface area contributed by atoms with Crippen LogP contribution in [-0.2, 0) is 11.2 Å². The molecule has 1 atom stereocenters. The molecule has 5 rings (SSSR count). The predicted octanol–water partition coefficient (Wildman–Crippen LogP) is 4.40. The minimum atomic E-state index is 0.0253. The van der Waals surface area contributed by atoms with E-state index in [0.29, 0.717) is 17.5 Å². The number of carbonyl (C=O) groups excluding carboxylic acids is 1. The minimum Gasteiger partial charge on any atom is -0.354 e. The van der Waals surface area contributed by atoms with Gasteiger partial charge in [0.15, 0.2) is 5.82 Å². The number of anilines is 1. The molecule has 182 valence electrons. The first-order valence-corrected chi connectivity index (χ1v) is 12.9. The number of rotatable bonds is 6. The summed E-state index contributed by atoms with van der Waals surface area (Å²) in [6.45, 7) is 6.21. The van der Waals surface area contributed by atoms with Crippen LogP contribution in [0.15, 0.2) is 66.7 Å². The molecule has 3 heterocycles. The Balaban J connectivity index is 1.13. The molecule has 0 radical (unpaired) electrons. The third-order valence-corrected chi connectivity index (χ3v) is 7.38. The highest BCUT2D eigenvalue weighted by molar-refractivity contribution is 6.30. The fraction of sp³-hybridized carbons (Fsp3) is 0.393. The second-order valence-corrected chi connectivity index (χ2v) is 9.91. The van der Waals surface area contributed by atoms with Crippen molar-refractivity contribution in [2.75, 3.05) is 50.7 Å². The second kappa shape index (κ2) is 11.2. The van der Waals surface area contributed by atoms with E-state index in [1.165, 1.54) is 5.56 Å². The number of hydrogen-bond donors (Lipinski definition) is 0. The molecule has 6 nitrogen and oxygen atoms in total. The highest BCUT2D eigenvalue weighted by Gasteiger charge is 2.31. The molecule has 0 saturated carbocycles. The normalized spacial score (nSPS) is 19.1. The van der Waals surface area contributed by atoms with Crippen LogP contribution in [0.1, 0.15) is 18.4 Å². The largest absolute Gasteiger partial charge is 0.354 e. The summed E-state index contributed by atoms with van der Waals surface area (Å²) in [6, 6.07) is 22.2. The van der Waals surface area contributed by atoms with Crippen molar-refractivity contribution in [3.63, 3.8) is 0 Å². The lowest BCUT2D eigenvalue weighted by molar-refractivity contribution is -0.137. The van der Waals surface area contributed by atoms with E-state index in [1.807, 2.05) is 36.4 Å². The summed E-state index contributed by atoms with van der Waals surface area (Å²) < 4.78 is 0. The van der Waals surface area contributed by atoms with Crippen LogP contribution in [0.3, 0.4) is 0 Å². The van der Waals surface area contributed by atoms with Crippen molar-refractivity contribution in [3.05, 3.63) is 77.3 Å². The smallest absolute Gasteiger partial charge is 0.227 e. The number of benzene rings is 2. The molecule has 1 unspecified atom stereocenters. The number of piperidine rings is 1. The van der Waals surface area contributed by atoms with Gasteiger partial charge in [-0.25, -0.2) is 0 Å². The molecule has 2 saturated heterocycles. The second-order valence-electron chi connectivity index (χ2n) is 9.47. The molecule has 35 heavy (non-hydrogen) atoms. The standard InChI is InChI=1S/C28H32ClN5O/c29-25-10-8-23(9-11-25)26-12-13-27(31-30-26)34-15-4-7-24(21-34)28(35)33-19-17-32(18-20-33)16-14-22-5-2-1-3-6-22/h1-3,5-6,8-13,24H,4,7,14-21H2. The Hall–Kier alpha value is -2.96. The van der Waals surface area contributed by atoms with Gasteiger partial charge in [0.2, 0.25) is 5.91 Å². The van der Waals surface area contributed by atoms with E-state index in [2.05, 4.69) is 55.2 Å². The Morgan fingerprint density at radius 2 is 1.66 bits per heavy atom. The number of nitrogens with zero attached hydrogens (tertiary/aromatic N) is 5. The van der Waals surface area contributed by atoms with E-state index in [0.717, 1.165) is 75.6 Å². The molecule has 7 heteroatoms. The number of aromatic nitrogens is 2. The highest BCUT2D eigenvalue weighted by atomic mass is 35.5. The van der Waals surface area contributed by atoms with Gasteiger partial charge >= 0.3 is 0 Å². The Bertz CT molecular complexity index is 1100. The first-order valence-electron chi connectivity index (χ1n) is 12.6. The summed E-state index contributed by atoms with van der Waals surface area (Å²) in [6.07, 6.45) is 3.00. The third-order valence-electron chi connectivity index (χ3n) is 7.13. The summed E-state index contributed by atoms with van der Waals surface area (Å²) in [5.74, 6) is 1.16. The SMILES string of the molecule is O=C(C1CCCN(c2ccc(-c3ccc(Cl)cc3)nn2)C1)N1CCN(CCc2ccccc2)CC1. The van der Waals surface area contributed by atoms with Gasteiger partial charge < -0.3 is 9.80 Å². The molecule has 1 amide bonds. The van der Waals surface area contributed by atoms with Gasteiger partial charge in [-0.2, -0.15) is 0 Å². The van der Waals surface area contributed by atoms with Crippen LogP contribution >= 0.6 is 11.6 Å². The van der Waals surface area contributed by atoms with E-state index in [9.17, 15) is 4.79 Å². The maximum atomic E-state index is 13.3. The van der Waals surface area contributed by atoms with Crippen molar-refractivity contribution in [1.29, 1.82) is 0 Å². The Morgan fingerprint density at radius 3 is 2.37 bits per heavy atom. The fourth-order valence-electron chi connectivity index (χ4n) is 5.04. The zero-order chi connectivity index (χ0) is 24.0. The van der Waals surface area contributed by atoms with Gasteiger partial charge in [-0.05, 0) is 49.1 Å². The molecule has 2 aromatic carbocycles. The van der Waals surface area contributed by atoms with Gasteiger partial charge in [-0.1, -0.05) is 54.1 Å². The van der Waals surface area contributed by atoms with Crippen molar-refractivity contribution in [3.8, 4) is 11.3 Å². The number of hydrogen-bond acceptors (Lipinski definition) is 5. The van der Waals surface area contributed by atoms with Gasteiger partial charge in [0.25, 0.3) is 0 Å². The van der Waals surface area contributed by atoms with Crippen molar-refractivity contribution in [2.24, 2.45) is 5.92 Å². The maximum Gasteiger partial charge on any atom is 0.227 e. The van der Waals surface area contributed by atoms with Gasteiger partial charge in [0.1, 0.15) is 0 Å². The Morgan fingerprint density at radius 1 is 0.886 bits per heavy atom. The van der Waals surface area contributed by atoms with E-state index >= 15 is 0 Å². The van der Waals surface area contributed by atoms with E-state index in [4.69, 9.17) is 11.6 Å². The average Bonchev–Trinajstić information content (AvgIpc) is 2.93. The van der Waals surface area contributed by atoms with Crippen LogP contribution in [0.2, 0.25) is 5.02 Å². The Labute approximate surface area is 212 Å². The summed E-state index contributed by atoms with van der Waals surface area (Å²) >= 11 is 5.99. The van der Waals surface area contributed by atoms with Crippen LogP contribution in [-0.4, -0.2) is 71.7 Å².